The fourth-order valence-corrected chi connectivity index (χ4v) is 3.08. The average molecular weight is 234 g/mol. The van der Waals surface area contributed by atoms with E-state index in [-0.39, 0.29) is 11.5 Å². The molecule has 1 saturated heterocycles. The summed E-state index contributed by atoms with van der Waals surface area (Å²) in [6.07, 6.45) is 2.84. The van der Waals surface area contributed by atoms with E-state index in [2.05, 4.69) is 4.90 Å². The molecule has 2 aliphatic rings. The summed E-state index contributed by atoms with van der Waals surface area (Å²) < 4.78 is 0. The lowest BCUT2D eigenvalue weighted by molar-refractivity contribution is 0.246. The minimum Gasteiger partial charge on any atom is -0.508 e. The van der Waals surface area contributed by atoms with E-state index >= 15 is 0 Å². The molecule has 1 unspecified atom stereocenters. The van der Waals surface area contributed by atoms with E-state index in [1.54, 1.807) is 6.07 Å². The Morgan fingerprint density at radius 3 is 2.76 bits per heavy atom. The molecule has 4 nitrogen and oxygen atoms in total. The fourth-order valence-electron chi connectivity index (χ4n) is 3.08. The van der Waals surface area contributed by atoms with E-state index in [1.807, 2.05) is 0 Å². The van der Waals surface area contributed by atoms with E-state index in [0.29, 0.717) is 12.1 Å². The fraction of sp³-hybridized carbons (Fsp3) is 0.538. The number of likely N-dealkylation sites (tertiary alicyclic amines) is 1. The topological polar surface area (TPSA) is 69.7 Å². The first kappa shape index (κ1) is 10.9. The smallest absolute Gasteiger partial charge is 0.122 e. The molecule has 0 saturated carbocycles. The van der Waals surface area contributed by atoms with E-state index in [9.17, 15) is 10.2 Å². The summed E-state index contributed by atoms with van der Waals surface area (Å²) in [4.78, 5) is 2.40. The van der Waals surface area contributed by atoms with Gasteiger partial charge in [-0.15, -0.1) is 0 Å². The van der Waals surface area contributed by atoms with Crippen LogP contribution in [0.3, 0.4) is 0 Å². The summed E-state index contributed by atoms with van der Waals surface area (Å²) in [5, 5.41) is 19.3. The van der Waals surface area contributed by atoms with Crippen LogP contribution < -0.4 is 5.73 Å². The van der Waals surface area contributed by atoms with E-state index in [0.717, 1.165) is 43.5 Å². The van der Waals surface area contributed by atoms with Gasteiger partial charge >= 0.3 is 0 Å². The Balaban J connectivity index is 1.81. The molecule has 17 heavy (non-hydrogen) atoms. The second-order valence-electron chi connectivity index (χ2n) is 5.21. The van der Waals surface area contributed by atoms with Gasteiger partial charge in [-0.1, -0.05) is 0 Å². The third-order valence-electron chi connectivity index (χ3n) is 3.97. The Hall–Kier alpha value is -1.26. The molecule has 2 atom stereocenters. The zero-order chi connectivity index (χ0) is 12.0. The van der Waals surface area contributed by atoms with Gasteiger partial charge < -0.3 is 15.9 Å². The monoisotopic (exact) mass is 234 g/mol. The van der Waals surface area contributed by atoms with Crippen molar-refractivity contribution < 1.29 is 10.2 Å². The van der Waals surface area contributed by atoms with Crippen molar-refractivity contribution in [2.75, 3.05) is 13.1 Å². The molecule has 1 aliphatic heterocycles. The Morgan fingerprint density at radius 1 is 1.24 bits per heavy atom. The lowest BCUT2D eigenvalue weighted by atomic mass is 10.1. The summed E-state index contributed by atoms with van der Waals surface area (Å²) in [5.41, 5.74) is 7.99. The molecule has 0 bridgehead atoms. The van der Waals surface area contributed by atoms with Crippen LogP contribution in [0.1, 0.15) is 17.5 Å². The lowest BCUT2D eigenvalue weighted by Crippen LogP contribution is -2.36. The van der Waals surface area contributed by atoms with Crippen molar-refractivity contribution in [3.63, 3.8) is 0 Å². The number of nitrogens with two attached hydrogens (primary N) is 1. The molecule has 1 heterocycles. The van der Waals surface area contributed by atoms with Gasteiger partial charge in [-0.05, 0) is 36.5 Å². The first-order valence-electron chi connectivity index (χ1n) is 6.17. The molecule has 1 fully saturated rings. The van der Waals surface area contributed by atoms with Crippen LogP contribution in [0.4, 0.5) is 0 Å². The van der Waals surface area contributed by atoms with Crippen LogP contribution in [0.15, 0.2) is 12.1 Å². The van der Waals surface area contributed by atoms with Gasteiger partial charge in [-0.3, -0.25) is 4.90 Å². The number of aromatic hydroxyl groups is 2. The zero-order valence-corrected chi connectivity index (χ0v) is 9.76. The molecule has 1 aromatic rings. The highest BCUT2D eigenvalue weighted by Gasteiger charge is 2.32. The Kier molecular flexibility index (Phi) is 2.49. The predicted octanol–water partition coefficient (Wildman–Crippen LogP) is 0.598. The molecular weight excluding hydrogens is 216 g/mol. The van der Waals surface area contributed by atoms with Gasteiger partial charge in [0.2, 0.25) is 0 Å². The summed E-state index contributed by atoms with van der Waals surface area (Å²) in [6.45, 7) is 2.00. The Bertz CT molecular complexity index is 447. The number of hydrogen-bond donors (Lipinski definition) is 3. The SMILES string of the molecule is N[C@H]1CCN(C2Cc3cc(O)cc(O)c3C2)C1. The standard InChI is InChI=1S/C13H18N2O2/c14-9-1-2-15(7-9)10-3-8-4-11(16)6-13(17)12(8)5-10/h4,6,9-10,16-17H,1-3,5,7,14H2/t9-,10?/m0/s1. The van der Waals surface area contributed by atoms with Crippen LogP contribution in [0.2, 0.25) is 0 Å². The van der Waals surface area contributed by atoms with Gasteiger partial charge in [0.1, 0.15) is 11.5 Å². The quantitative estimate of drug-likeness (QED) is 0.665. The second-order valence-corrected chi connectivity index (χ2v) is 5.21. The van der Waals surface area contributed by atoms with Crippen molar-refractivity contribution in [2.45, 2.75) is 31.3 Å². The van der Waals surface area contributed by atoms with Crippen molar-refractivity contribution >= 4 is 0 Å². The number of fused-ring (bicyclic) bond motifs is 1. The van der Waals surface area contributed by atoms with Gasteiger partial charge in [0.25, 0.3) is 0 Å². The lowest BCUT2D eigenvalue weighted by Gasteiger charge is -2.22. The van der Waals surface area contributed by atoms with Crippen molar-refractivity contribution in [3.8, 4) is 11.5 Å². The highest BCUT2D eigenvalue weighted by molar-refractivity contribution is 5.48. The molecule has 4 heteroatoms. The van der Waals surface area contributed by atoms with Gasteiger partial charge in [0, 0.05) is 31.2 Å². The van der Waals surface area contributed by atoms with Crippen LogP contribution in [0.5, 0.6) is 11.5 Å². The molecule has 0 spiro atoms. The highest BCUT2D eigenvalue weighted by Crippen LogP contribution is 2.36. The van der Waals surface area contributed by atoms with E-state index in [4.69, 9.17) is 5.73 Å². The minimum absolute atomic E-state index is 0.153. The highest BCUT2D eigenvalue weighted by atomic mass is 16.3. The van der Waals surface area contributed by atoms with Gasteiger partial charge in [-0.2, -0.15) is 0 Å². The van der Waals surface area contributed by atoms with Crippen LogP contribution in [-0.4, -0.2) is 40.3 Å². The normalized spacial score (nSPS) is 28.5. The Labute approximate surface area is 101 Å². The van der Waals surface area contributed by atoms with Crippen LogP contribution in [0, 0.1) is 0 Å². The summed E-state index contributed by atoms with van der Waals surface area (Å²) in [5.74, 6) is 0.381. The molecule has 92 valence electrons. The maximum absolute atomic E-state index is 9.82. The number of rotatable bonds is 1. The third kappa shape index (κ3) is 1.87. The molecule has 3 rings (SSSR count). The number of phenolic OH excluding ortho intramolecular Hbond substituents is 2. The summed E-state index contributed by atoms with van der Waals surface area (Å²) in [7, 11) is 0. The second kappa shape index (κ2) is 3.89. The average Bonchev–Trinajstić information content (AvgIpc) is 2.83. The molecule has 0 radical (unpaired) electrons. The Morgan fingerprint density at radius 2 is 2.06 bits per heavy atom. The number of hydrogen-bond acceptors (Lipinski definition) is 4. The van der Waals surface area contributed by atoms with Crippen molar-refractivity contribution in [3.05, 3.63) is 23.3 Å². The van der Waals surface area contributed by atoms with Gasteiger partial charge in [0.05, 0.1) is 0 Å². The summed E-state index contributed by atoms with van der Waals surface area (Å²) in [6, 6.07) is 3.93. The number of nitrogens with zero attached hydrogens (tertiary/aromatic N) is 1. The maximum atomic E-state index is 9.82. The van der Waals surface area contributed by atoms with Crippen LogP contribution in [-0.2, 0) is 12.8 Å². The largest absolute Gasteiger partial charge is 0.508 e. The van der Waals surface area contributed by atoms with Crippen LogP contribution >= 0.6 is 0 Å². The predicted molar refractivity (Wildman–Crippen MR) is 65.1 cm³/mol. The molecule has 0 aromatic heterocycles. The maximum Gasteiger partial charge on any atom is 0.122 e. The van der Waals surface area contributed by atoms with E-state index < -0.39 is 0 Å². The molecule has 0 amide bonds. The molecule has 1 aromatic carbocycles. The molecule has 4 N–H and O–H groups in total. The summed E-state index contributed by atoms with van der Waals surface area (Å²) >= 11 is 0. The van der Waals surface area contributed by atoms with Crippen LogP contribution in [0.25, 0.3) is 0 Å². The minimum atomic E-state index is 0.153. The third-order valence-corrected chi connectivity index (χ3v) is 3.97. The number of benzene rings is 1. The van der Waals surface area contributed by atoms with Crippen molar-refractivity contribution in [1.29, 1.82) is 0 Å². The van der Waals surface area contributed by atoms with E-state index in [1.165, 1.54) is 6.07 Å². The first-order chi connectivity index (χ1) is 8.13. The zero-order valence-electron chi connectivity index (χ0n) is 9.76. The van der Waals surface area contributed by atoms with Gasteiger partial charge in [0.15, 0.2) is 0 Å². The van der Waals surface area contributed by atoms with Crippen molar-refractivity contribution in [2.24, 2.45) is 5.73 Å². The molecular formula is C13H18N2O2. The molecule has 1 aliphatic carbocycles. The first-order valence-corrected chi connectivity index (χ1v) is 6.17. The van der Waals surface area contributed by atoms with Gasteiger partial charge in [-0.25, -0.2) is 0 Å². The van der Waals surface area contributed by atoms with Crippen molar-refractivity contribution in [1.82, 2.24) is 4.90 Å². The number of phenols is 2.